The largest absolute Gasteiger partial charge is 0.493 e. The van der Waals surface area contributed by atoms with Crippen LogP contribution in [0.2, 0.25) is 0 Å². The molecule has 1 N–H and O–H groups in total. The second-order valence-corrected chi connectivity index (χ2v) is 10.5. The van der Waals surface area contributed by atoms with E-state index in [-0.39, 0.29) is 31.3 Å². The molecular formula is C24H24Cl3NO9. The van der Waals surface area contributed by atoms with Crippen molar-refractivity contribution in [1.29, 1.82) is 0 Å². The molecule has 1 saturated heterocycles. The van der Waals surface area contributed by atoms with Crippen LogP contribution in [0.3, 0.4) is 0 Å². The first-order valence-electron chi connectivity index (χ1n) is 11.0. The van der Waals surface area contributed by atoms with Crippen molar-refractivity contribution >= 4 is 46.9 Å². The fourth-order valence-corrected chi connectivity index (χ4v) is 4.22. The number of alkyl carbamates (subject to hydrolysis) is 1. The summed E-state index contributed by atoms with van der Waals surface area (Å²) in [6, 6.07) is 7.11. The summed E-state index contributed by atoms with van der Waals surface area (Å²) in [5.74, 6) is 1.22. The van der Waals surface area contributed by atoms with Gasteiger partial charge in [-0.2, -0.15) is 0 Å². The molecule has 2 aliphatic heterocycles. The molecule has 0 aromatic heterocycles. The molecule has 2 heterocycles. The molecule has 2 aromatic rings. The molecule has 0 radical (unpaired) electrons. The van der Waals surface area contributed by atoms with Crippen molar-refractivity contribution in [2.24, 2.45) is 0 Å². The SMILES string of the molecule is COC(=O)c1c([C@@H]2O[C@H]2c2cc3c(cc2CCNC(=O)OCC(Cl)(Cl)Cl)OCO3)ccc(OC)c1OC. The highest BCUT2D eigenvalue weighted by Gasteiger charge is 2.46. The lowest BCUT2D eigenvalue weighted by molar-refractivity contribution is 0.0594. The number of alkyl halides is 3. The summed E-state index contributed by atoms with van der Waals surface area (Å²) < 4.78 is 36.1. The molecule has 1 fully saturated rings. The molecule has 13 heteroatoms. The van der Waals surface area contributed by atoms with Crippen LogP contribution in [0, 0.1) is 0 Å². The van der Waals surface area contributed by atoms with Gasteiger partial charge in [0.25, 0.3) is 0 Å². The Bertz CT molecular complexity index is 1190. The van der Waals surface area contributed by atoms with E-state index in [0.717, 1.165) is 11.1 Å². The number of methoxy groups -OCH3 is 3. The Morgan fingerprint density at radius 1 is 1.03 bits per heavy atom. The smallest absolute Gasteiger partial charge is 0.407 e. The summed E-state index contributed by atoms with van der Waals surface area (Å²) in [6.07, 6.45) is -1.17. The van der Waals surface area contributed by atoms with Gasteiger partial charge < -0.3 is 38.5 Å². The van der Waals surface area contributed by atoms with Gasteiger partial charge in [-0.3, -0.25) is 0 Å². The van der Waals surface area contributed by atoms with E-state index in [1.165, 1.54) is 21.3 Å². The van der Waals surface area contributed by atoms with Gasteiger partial charge >= 0.3 is 12.1 Å². The summed E-state index contributed by atoms with van der Waals surface area (Å²) in [5.41, 5.74) is 2.47. The van der Waals surface area contributed by atoms with Crippen LogP contribution < -0.4 is 24.3 Å². The first-order chi connectivity index (χ1) is 17.7. The lowest BCUT2D eigenvalue weighted by Gasteiger charge is -2.15. The number of rotatable bonds is 9. The number of carbonyl (C=O) groups excluding carboxylic acids is 2. The normalized spacial score (nSPS) is 17.7. The van der Waals surface area contributed by atoms with Crippen LogP contribution in [0.5, 0.6) is 23.0 Å². The number of epoxide rings is 1. The molecule has 2 aliphatic rings. The molecule has 10 nitrogen and oxygen atoms in total. The highest BCUT2D eigenvalue weighted by Crippen LogP contribution is 2.56. The predicted octanol–water partition coefficient (Wildman–Crippen LogP) is 4.67. The summed E-state index contributed by atoms with van der Waals surface area (Å²) in [5, 5.41) is 2.62. The van der Waals surface area contributed by atoms with E-state index in [9.17, 15) is 9.59 Å². The number of nitrogens with one attached hydrogen (secondary N) is 1. The molecule has 2 atom stereocenters. The third-order valence-corrected chi connectivity index (χ3v) is 6.06. The first-order valence-corrected chi connectivity index (χ1v) is 12.2. The summed E-state index contributed by atoms with van der Waals surface area (Å²) in [4.78, 5) is 24.6. The number of ether oxygens (including phenoxy) is 7. The number of carbonyl (C=O) groups is 2. The molecule has 200 valence electrons. The van der Waals surface area contributed by atoms with Gasteiger partial charge in [0.05, 0.1) is 21.3 Å². The van der Waals surface area contributed by atoms with Crippen LogP contribution in [0.15, 0.2) is 24.3 Å². The average molecular weight is 577 g/mol. The zero-order valence-electron chi connectivity index (χ0n) is 20.1. The molecule has 0 saturated carbocycles. The number of amides is 1. The van der Waals surface area contributed by atoms with Gasteiger partial charge in [0, 0.05) is 12.1 Å². The number of halogens is 3. The van der Waals surface area contributed by atoms with Gasteiger partial charge in [0.1, 0.15) is 24.4 Å². The Labute approximate surface area is 227 Å². The van der Waals surface area contributed by atoms with Crippen LogP contribution in [-0.2, 0) is 20.6 Å². The Morgan fingerprint density at radius 2 is 1.73 bits per heavy atom. The molecule has 0 bridgehead atoms. The Kier molecular flexibility index (Phi) is 8.33. The third kappa shape index (κ3) is 6.20. The topological polar surface area (TPSA) is 114 Å². The van der Waals surface area contributed by atoms with Crippen molar-refractivity contribution in [3.8, 4) is 23.0 Å². The van der Waals surface area contributed by atoms with Crippen molar-refractivity contribution in [2.75, 3.05) is 41.3 Å². The van der Waals surface area contributed by atoms with Gasteiger partial charge in [-0.25, -0.2) is 9.59 Å². The number of esters is 1. The fourth-order valence-electron chi connectivity index (χ4n) is 4.06. The standard InChI is InChI=1S/C24H24Cl3NO9/c1-31-15-5-4-13(18(21(15)32-2)22(29)33-3)19-20(37-19)14-9-17-16(35-11-36-17)8-12(14)6-7-28-23(30)34-10-24(25,26)27/h4-5,8-9,19-20H,6-7,10-11H2,1-3H3,(H,28,30)/t19-,20-/m0/s1. The fraction of sp³-hybridized carbons (Fsp3) is 0.417. The van der Waals surface area contributed by atoms with E-state index in [2.05, 4.69) is 5.32 Å². The van der Waals surface area contributed by atoms with Gasteiger partial charge in [-0.1, -0.05) is 40.9 Å². The molecule has 37 heavy (non-hydrogen) atoms. The highest BCUT2D eigenvalue weighted by atomic mass is 35.6. The van der Waals surface area contributed by atoms with E-state index < -0.39 is 28.1 Å². The van der Waals surface area contributed by atoms with Gasteiger partial charge in [-0.15, -0.1) is 0 Å². The van der Waals surface area contributed by atoms with Gasteiger partial charge in [-0.05, 0) is 35.7 Å². The molecule has 0 spiro atoms. The first kappa shape index (κ1) is 27.3. The number of hydrogen-bond donors (Lipinski definition) is 1. The van der Waals surface area contributed by atoms with Crippen LogP contribution >= 0.6 is 34.8 Å². The number of hydrogen-bond acceptors (Lipinski definition) is 9. The molecule has 1 amide bonds. The second-order valence-electron chi connectivity index (χ2n) is 8.01. The Balaban J connectivity index is 1.56. The maximum atomic E-state index is 12.7. The Morgan fingerprint density at radius 3 is 2.38 bits per heavy atom. The molecule has 2 aromatic carbocycles. The minimum atomic E-state index is -1.70. The van der Waals surface area contributed by atoms with E-state index in [1.807, 2.05) is 12.1 Å². The molecule has 0 aliphatic carbocycles. The summed E-state index contributed by atoms with van der Waals surface area (Å²) in [7, 11) is 4.22. The monoisotopic (exact) mass is 575 g/mol. The van der Waals surface area contributed by atoms with Crippen LogP contribution in [0.25, 0.3) is 0 Å². The highest BCUT2D eigenvalue weighted by molar-refractivity contribution is 6.67. The van der Waals surface area contributed by atoms with E-state index in [4.69, 9.17) is 68.0 Å². The van der Waals surface area contributed by atoms with E-state index in [0.29, 0.717) is 29.2 Å². The maximum absolute atomic E-state index is 12.7. The minimum absolute atomic E-state index is 0.0942. The molecular weight excluding hydrogens is 553 g/mol. The summed E-state index contributed by atoms with van der Waals surface area (Å²) >= 11 is 16.8. The van der Waals surface area contributed by atoms with Crippen LogP contribution in [-0.4, -0.2) is 57.1 Å². The van der Waals surface area contributed by atoms with Crippen molar-refractivity contribution in [3.63, 3.8) is 0 Å². The zero-order chi connectivity index (χ0) is 26.7. The average Bonchev–Trinajstić information content (AvgIpc) is 3.53. The molecule has 4 rings (SSSR count). The van der Waals surface area contributed by atoms with Crippen molar-refractivity contribution in [3.05, 3.63) is 46.5 Å². The predicted molar refractivity (Wildman–Crippen MR) is 133 cm³/mol. The van der Waals surface area contributed by atoms with E-state index >= 15 is 0 Å². The zero-order valence-corrected chi connectivity index (χ0v) is 22.4. The van der Waals surface area contributed by atoms with Gasteiger partial charge in [0.2, 0.25) is 10.6 Å². The quantitative estimate of drug-likeness (QED) is 0.258. The maximum Gasteiger partial charge on any atom is 0.407 e. The lowest BCUT2D eigenvalue weighted by Crippen LogP contribution is -2.29. The minimum Gasteiger partial charge on any atom is -0.493 e. The third-order valence-electron chi connectivity index (χ3n) is 5.74. The van der Waals surface area contributed by atoms with Crippen molar-refractivity contribution in [2.45, 2.75) is 22.4 Å². The lowest BCUT2D eigenvalue weighted by atomic mass is 9.94. The summed E-state index contributed by atoms with van der Waals surface area (Å²) in [6.45, 7) is -0.0618. The van der Waals surface area contributed by atoms with Gasteiger partial charge in [0.15, 0.2) is 23.0 Å². The number of benzene rings is 2. The Hall–Kier alpha value is -2.79. The second kappa shape index (κ2) is 11.3. The van der Waals surface area contributed by atoms with Crippen molar-refractivity contribution in [1.82, 2.24) is 5.32 Å². The number of fused-ring (bicyclic) bond motifs is 1. The van der Waals surface area contributed by atoms with Crippen LogP contribution in [0.4, 0.5) is 4.79 Å². The van der Waals surface area contributed by atoms with E-state index in [1.54, 1.807) is 12.1 Å². The molecule has 0 unspecified atom stereocenters. The van der Waals surface area contributed by atoms with Crippen molar-refractivity contribution < 1.29 is 42.7 Å². The van der Waals surface area contributed by atoms with Crippen LogP contribution in [0.1, 0.15) is 39.3 Å².